The van der Waals surface area contributed by atoms with Gasteiger partial charge < -0.3 is 4.89 Å². The van der Waals surface area contributed by atoms with Gasteiger partial charge in [0, 0.05) is 0 Å². The van der Waals surface area contributed by atoms with E-state index in [1.165, 1.54) is 0 Å². The second kappa shape index (κ2) is 5.32. The Kier molecular flexibility index (Phi) is 3.88. The molecule has 0 saturated carbocycles. The highest BCUT2D eigenvalue weighted by molar-refractivity contribution is 5.35. The van der Waals surface area contributed by atoms with Crippen molar-refractivity contribution in [2.24, 2.45) is 0 Å². The molecule has 3 nitrogen and oxygen atoms in total. The van der Waals surface area contributed by atoms with Gasteiger partial charge in [0.05, 0.1) is 6.61 Å². The summed E-state index contributed by atoms with van der Waals surface area (Å²) in [6, 6.07) is 9.84. The number of hydrogen-bond acceptors (Lipinski definition) is 3. The SMILES string of the molecule is O=COOCCc1ccccc1. The summed E-state index contributed by atoms with van der Waals surface area (Å²) in [5, 5.41) is 0. The second-order valence-corrected chi connectivity index (χ2v) is 2.25. The molecule has 64 valence electrons. The molecule has 1 rings (SSSR count). The van der Waals surface area contributed by atoms with Gasteiger partial charge >= 0.3 is 6.47 Å². The minimum atomic E-state index is 0.269. The van der Waals surface area contributed by atoms with Crippen LogP contribution in [0.5, 0.6) is 0 Å². The Morgan fingerprint density at radius 1 is 1.25 bits per heavy atom. The highest BCUT2D eigenvalue weighted by Crippen LogP contribution is 1.99. The van der Waals surface area contributed by atoms with Gasteiger partial charge in [-0.05, 0) is 12.0 Å². The molecule has 3 heteroatoms. The molecule has 12 heavy (non-hydrogen) atoms. The lowest BCUT2D eigenvalue weighted by Gasteiger charge is -1.98. The fraction of sp³-hybridized carbons (Fsp3) is 0.222. The van der Waals surface area contributed by atoms with Crippen molar-refractivity contribution in [3.05, 3.63) is 35.9 Å². The number of carbonyl (C=O) groups excluding carboxylic acids is 1. The van der Waals surface area contributed by atoms with Crippen molar-refractivity contribution in [1.29, 1.82) is 0 Å². The predicted octanol–water partition coefficient (Wildman–Crippen LogP) is 1.33. The van der Waals surface area contributed by atoms with Crippen molar-refractivity contribution in [1.82, 2.24) is 0 Å². The summed E-state index contributed by atoms with van der Waals surface area (Å²) >= 11 is 0. The van der Waals surface area contributed by atoms with E-state index >= 15 is 0 Å². The minimum Gasteiger partial charge on any atom is -0.302 e. The van der Waals surface area contributed by atoms with Crippen molar-refractivity contribution in [3.8, 4) is 0 Å². The first kappa shape index (κ1) is 8.74. The van der Waals surface area contributed by atoms with Crippen LogP contribution in [0.4, 0.5) is 0 Å². The molecule has 0 unspecified atom stereocenters. The third-order valence-electron chi connectivity index (χ3n) is 1.42. The van der Waals surface area contributed by atoms with E-state index in [4.69, 9.17) is 0 Å². The molecule has 0 spiro atoms. The van der Waals surface area contributed by atoms with Crippen LogP contribution in [0.3, 0.4) is 0 Å². The molecular formula is C9H10O3. The lowest BCUT2D eigenvalue weighted by atomic mass is 10.2. The summed E-state index contributed by atoms with van der Waals surface area (Å²) in [6.07, 6.45) is 0.745. The number of benzene rings is 1. The second-order valence-electron chi connectivity index (χ2n) is 2.25. The maximum Gasteiger partial charge on any atom is 0.330 e. The number of carbonyl (C=O) groups is 1. The molecule has 0 radical (unpaired) electrons. The highest BCUT2D eigenvalue weighted by Gasteiger charge is 1.91. The molecule has 0 saturated heterocycles. The monoisotopic (exact) mass is 166 g/mol. The molecule has 0 heterocycles. The van der Waals surface area contributed by atoms with Crippen LogP contribution in [-0.4, -0.2) is 13.1 Å². The van der Waals surface area contributed by atoms with E-state index in [1.54, 1.807) is 0 Å². The fourth-order valence-electron chi connectivity index (χ4n) is 0.880. The molecule has 0 fully saturated rings. The van der Waals surface area contributed by atoms with Crippen LogP contribution < -0.4 is 0 Å². The van der Waals surface area contributed by atoms with E-state index in [9.17, 15) is 4.79 Å². The van der Waals surface area contributed by atoms with Gasteiger partial charge in [-0.25, -0.2) is 0 Å². The number of hydrogen-bond donors (Lipinski definition) is 0. The molecule has 1 aromatic rings. The predicted molar refractivity (Wildman–Crippen MR) is 43.2 cm³/mol. The summed E-state index contributed by atoms with van der Waals surface area (Å²) in [7, 11) is 0. The van der Waals surface area contributed by atoms with Crippen LogP contribution in [0, 0.1) is 0 Å². The van der Waals surface area contributed by atoms with E-state index in [0.717, 1.165) is 12.0 Å². The minimum absolute atomic E-state index is 0.269. The van der Waals surface area contributed by atoms with Crippen molar-refractivity contribution in [3.63, 3.8) is 0 Å². The van der Waals surface area contributed by atoms with Crippen LogP contribution in [0.1, 0.15) is 5.56 Å². The first-order valence-corrected chi connectivity index (χ1v) is 3.69. The van der Waals surface area contributed by atoms with E-state index < -0.39 is 0 Å². The summed E-state index contributed by atoms with van der Waals surface area (Å²) in [5.74, 6) is 0. The molecule has 0 aromatic heterocycles. The lowest BCUT2D eigenvalue weighted by molar-refractivity contribution is -0.258. The Balaban J connectivity index is 2.20. The van der Waals surface area contributed by atoms with Gasteiger partial charge in [0.2, 0.25) is 0 Å². The molecule has 1 aromatic carbocycles. The summed E-state index contributed by atoms with van der Waals surface area (Å²) in [5.41, 5.74) is 1.16. The quantitative estimate of drug-likeness (QED) is 0.286. The molecular weight excluding hydrogens is 156 g/mol. The third-order valence-corrected chi connectivity index (χ3v) is 1.42. The Bertz CT molecular complexity index is 220. The Morgan fingerprint density at radius 3 is 2.67 bits per heavy atom. The maximum absolute atomic E-state index is 9.67. The molecule has 0 atom stereocenters. The van der Waals surface area contributed by atoms with E-state index in [1.807, 2.05) is 30.3 Å². The summed E-state index contributed by atoms with van der Waals surface area (Å²) in [4.78, 5) is 18.3. The zero-order chi connectivity index (χ0) is 8.65. The van der Waals surface area contributed by atoms with Crippen molar-refractivity contribution >= 4 is 6.47 Å². The van der Waals surface area contributed by atoms with Gasteiger partial charge in [-0.2, -0.15) is 4.89 Å². The zero-order valence-corrected chi connectivity index (χ0v) is 6.60. The first-order chi connectivity index (χ1) is 5.93. The van der Waals surface area contributed by atoms with Crippen LogP contribution in [0.15, 0.2) is 30.3 Å². The molecule has 0 aliphatic rings. The standard InChI is InChI=1S/C9H10O3/c10-8-12-11-7-6-9-4-2-1-3-5-9/h1-5,8H,6-7H2. The summed E-state index contributed by atoms with van der Waals surface area (Å²) in [6.45, 7) is 0.660. The Morgan fingerprint density at radius 2 is 2.00 bits per heavy atom. The van der Waals surface area contributed by atoms with E-state index in [-0.39, 0.29) is 6.47 Å². The van der Waals surface area contributed by atoms with Gasteiger partial charge in [-0.3, -0.25) is 4.79 Å². The molecule has 0 aliphatic heterocycles. The highest BCUT2D eigenvalue weighted by atomic mass is 17.2. The maximum atomic E-state index is 9.67. The smallest absolute Gasteiger partial charge is 0.302 e. The van der Waals surface area contributed by atoms with Crippen molar-refractivity contribution in [2.75, 3.05) is 6.61 Å². The topological polar surface area (TPSA) is 35.5 Å². The van der Waals surface area contributed by atoms with E-state index in [0.29, 0.717) is 6.61 Å². The van der Waals surface area contributed by atoms with Crippen LogP contribution in [0.25, 0.3) is 0 Å². The first-order valence-electron chi connectivity index (χ1n) is 3.69. The van der Waals surface area contributed by atoms with Crippen LogP contribution >= 0.6 is 0 Å². The van der Waals surface area contributed by atoms with Crippen molar-refractivity contribution in [2.45, 2.75) is 6.42 Å². The summed E-state index contributed by atoms with van der Waals surface area (Å²) < 4.78 is 0. The van der Waals surface area contributed by atoms with Gasteiger partial charge in [-0.15, -0.1) is 0 Å². The Hall–Kier alpha value is -1.35. The zero-order valence-electron chi connectivity index (χ0n) is 6.60. The average molecular weight is 166 g/mol. The van der Waals surface area contributed by atoms with Gasteiger partial charge in [0.1, 0.15) is 0 Å². The molecule has 0 amide bonds. The van der Waals surface area contributed by atoms with Crippen LogP contribution in [-0.2, 0) is 21.0 Å². The van der Waals surface area contributed by atoms with Gasteiger partial charge in [0.25, 0.3) is 0 Å². The normalized spacial score (nSPS) is 9.33. The third kappa shape index (κ3) is 3.16. The largest absolute Gasteiger partial charge is 0.330 e. The van der Waals surface area contributed by atoms with Gasteiger partial charge in [0.15, 0.2) is 0 Å². The Labute approximate surface area is 70.8 Å². The van der Waals surface area contributed by atoms with E-state index in [2.05, 4.69) is 9.78 Å². The number of rotatable bonds is 5. The lowest BCUT2D eigenvalue weighted by Crippen LogP contribution is -1.98. The molecule has 0 N–H and O–H groups in total. The van der Waals surface area contributed by atoms with Gasteiger partial charge in [-0.1, -0.05) is 30.3 Å². The van der Waals surface area contributed by atoms with Crippen molar-refractivity contribution < 1.29 is 14.6 Å². The van der Waals surface area contributed by atoms with Crippen LogP contribution in [0.2, 0.25) is 0 Å². The molecule has 0 bridgehead atoms. The fourth-order valence-corrected chi connectivity index (χ4v) is 0.880. The average Bonchev–Trinajstić information content (AvgIpc) is 2.14. The molecule has 0 aliphatic carbocycles.